The van der Waals surface area contributed by atoms with Crippen molar-refractivity contribution in [3.05, 3.63) is 71.8 Å². The lowest BCUT2D eigenvalue weighted by Crippen LogP contribution is -2.74. The van der Waals surface area contributed by atoms with Gasteiger partial charge in [0.1, 0.15) is 11.4 Å². The molecule has 4 rings (SSSR count). The van der Waals surface area contributed by atoms with Gasteiger partial charge >= 0.3 is 5.97 Å². The standard InChI is InChI=1S/C20H18N2O4S/c21-15-18(24)22-16(14(23)11-27-19(15)22)20(25)26-17(12-7-3-1-4-8-12)13-9-5-2-6-10-13/h1-10,15-17,19H,11,21H2/t15-,16-,19+/m1/s1. The fourth-order valence-electron chi connectivity index (χ4n) is 3.38. The van der Waals surface area contributed by atoms with Crippen molar-refractivity contribution in [3.63, 3.8) is 0 Å². The Labute approximate surface area is 160 Å². The predicted octanol–water partition coefficient (Wildman–Crippen LogP) is 1.50. The molecule has 2 saturated heterocycles. The number of benzene rings is 2. The van der Waals surface area contributed by atoms with E-state index in [0.29, 0.717) is 0 Å². The van der Waals surface area contributed by atoms with E-state index in [1.54, 1.807) is 0 Å². The van der Waals surface area contributed by atoms with Gasteiger partial charge in [0.25, 0.3) is 0 Å². The van der Waals surface area contributed by atoms with Crippen LogP contribution in [0.15, 0.2) is 60.7 Å². The summed E-state index contributed by atoms with van der Waals surface area (Å²) in [5.74, 6) is -1.30. The molecule has 2 aromatic carbocycles. The number of rotatable bonds is 4. The molecule has 2 N–H and O–H groups in total. The first-order valence-electron chi connectivity index (χ1n) is 8.60. The first kappa shape index (κ1) is 17.8. The highest BCUT2D eigenvalue weighted by atomic mass is 32.2. The van der Waals surface area contributed by atoms with Crippen molar-refractivity contribution in [1.82, 2.24) is 4.90 Å². The zero-order valence-corrected chi connectivity index (χ0v) is 15.2. The number of carbonyl (C=O) groups excluding carboxylic acids is 3. The molecule has 1 amide bonds. The average molecular weight is 382 g/mol. The molecule has 2 heterocycles. The second kappa shape index (κ2) is 7.17. The van der Waals surface area contributed by atoms with Crippen LogP contribution in [-0.4, -0.2) is 45.8 Å². The number of β-lactam (4-membered cyclic amide) rings is 1. The molecule has 0 spiro atoms. The van der Waals surface area contributed by atoms with E-state index >= 15 is 0 Å². The van der Waals surface area contributed by atoms with Crippen LogP contribution in [0.3, 0.4) is 0 Å². The van der Waals surface area contributed by atoms with E-state index in [2.05, 4.69) is 0 Å². The zero-order valence-electron chi connectivity index (χ0n) is 14.4. The normalized spacial score (nSPS) is 24.4. The Kier molecular flexibility index (Phi) is 4.72. The number of carbonyl (C=O) groups is 3. The van der Waals surface area contributed by atoms with Crippen molar-refractivity contribution in [2.45, 2.75) is 23.6 Å². The van der Waals surface area contributed by atoms with Crippen LogP contribution in [0, 0.1) is 0 Å². The Balaban J connectivity index is 1.62. The molecule has 0 bridgehead atoms. The van der Waals surface area contributed by atoms with Gasteiger partial charge in [0.2, 0.25) is 5.91 Å². The van der Waals surface area contributed by atoms with Crippen LogP contribution in [0.2, 0.25) is 0 Å². The van der Waals surface area contributed by atoms with Crippen LogP contribution in [-0.2, 0) is 19.1 Å². The number of hydrogen-bond acceptors (Lipinski definition) is 6. The number of nitrogens with zero attached hydrogens (tertiary/aromatic N) is 1. The van der Waals surface area contributed by atoms with Crippen molar-refractivity contribution in [1.29, 1.82) is 0 Å². The molecule has 0 radical (unpaired) electrons. The summed E-state index contributed by atoms with van der Waals surface area (Å²) < 4.78 is 5.76. The molecule has 2 aliphatic rings. The second-order valence-electron chi connectivity index (χ2n) is 6.48. The van der Waals surface area contributed by atoms with Gasteiger partial charge in [-0.05, 0) is 11.1 Å². The lowest BCUT2D eigenvalue weighted by molar-refractivity contribution is -0.168. The van der Waals surface area contributed by atoms with E-state index in [0.717, 1.165) is 11.1 Å². The van der Waals surface area contributed by atoms with Gasteiger partial charge in [0.15, 0.2) is 17.9 Å². The van der Waals surface area contributed by atoms with Gasteiger partial charge in [-0.15, -0.1) is 11.8 Å². The minimum atomic E-state index is -1.22. The predicted molar refractivity (Wildman–Crippen MR) is 101 cm³/mol. The molecule has 3 atom stereocenters. The van der Waals surface area contributed by atoms with Crippen LogP contribution < -0.4 is 5.73 Å². The van der Waals surface area contributed by atoms with E-state index in [4.69, 9.17) is 10.5 Å². The fraction of sp³-hybridized carbons (Fsp3) is 0.250. The Morgan fingerprint density at radius 1 is 1.04 bits per heavy atom. The molecule has 2 aromatic rings. The number of thioether (sulfide) groups is 1. The molecular weight excluding hydrogens is 364 g/mol. The molecule has 138 valence electrons. The lowest BCUT2D eigenvalue weighted by atomic mass is 9.99. The molecule has 0 aromatic heterocycles. The lowest BCUT2D eigenvalue weighted by Gasteiger charge is -2.50. The molecule has 2 aliphatic heterocycles. The quantitative estimate of drug-likeness (QED) is 0.490. The van der Waals surface area contributed by atoms with E-state index < -0.39 is 30.1 Å². The number of nitrogens with two attached hydrogens (primary N) is 1. The van der Waals surface area contributed by atoms with Gasteiger partial charge in [-0.2, -0.15) is 0 Å². The van der Waals surface area contributed by atoms with Crippen LogP contribution in [0.1, 0.15) is 17.2 Å². The van der Waals surface area contributed by atoms with Gasteiger partial charge in [-0.1, -0.05) is 60.7 Å². The fourth-order valence-corrected chi connectivity index (χ4v) is 4.58. The molecule has 2 fully saturated rings. The van der Waals surface area contributed by atoms with Crippen molar-refractivity contribution < 1.29 is 19.1 Å². The third-order valence-electron chi connectivity index (χ3n) is 4.76. The van der Waals surface area contributed by atoms with Crippen LogP contribution in [0.4, 0.5) is 0 Å². The highest BCUT2D eigenvalue weighted by Crippen LogP contribution is 2.37. The van der Waals surface area contributed by atoms with Crippen molar-refractivity contribution in [2.24, 2.45) is 5.73 Å². The molecule has 0 aliphatic carbocycles. The van der Waals surface area contributed by atoms with E-state index in [1.165, 1.54) is 16.7 Å². The first-order chi connectivity index (χ1) is 13.1. The summed E-state index contributed by atoms with van der Waals surface area (Å²) in [6.45, 7) is 0. The Morgan fingerprint density at radius 3 is 2.15 bits per heavy atom. The largest absolute Gasteiger partial charge is 0.451 e. The number of Topliss-reactive ketones (excluding diaryl/α,β-unsaturated/α-hetero) is 1. The van der Waals surface area contributed by atoms with Gasteiger partial charge in [-0.3, -0.25) is 9.59 Å². The molecule has 7 heteroatoms. The minimum absolute atomic E-state index is 0.142. The smallest absolute Gasteiger partial charge is 0.337 e. The zero-order chi connectivity index (χ0) is 19.0. The maximum Gasteiger partial charge on any atom is 0.337 e. The Bertz CT molecular complexity index is 835. The SMILES string of the molecule is N[C@@H]1C(=O)N2[C@@H](C(=O)OC(c3ccccc3)c3ccccc3)C(=O)CS[C@@H]12. The summed E-state index contributed by atoms with van der Waals surface area (Å²) in [7, 11) is 0. The number of ketones is 1. The summed E-state index contributed by atoms with van der Waals surface area (Å²) in [6.07, 6.45) is -0.661. The molecule has 0 unspecified atom stereocenters. The summed E-state index contributed by atoms with van der Waals surface area (Å²) in [5.41, 5.74) is 7.37. The summed E-state index contributed by atoms with van der Waals surface area (Å²) in [4.78, 5) is 38.7. The summed E-state index contributed by atoms with van der Waals surface area (Å²) in [5, 5.41) is -0.348. The van der Waals surface area contributed by atoms with Crippen molar-refractivity contribution in [3.8, 4) is 0 Å². The first-order valence-corrected chi connectivity index (χ1v) is 9.65. The minimum Gasteiger partial charge on any atom is -0.451 e. The highest BCUT2D eigenvalue weighted by Gasteiger charge is 2.56. The summed E-state index contributed by atoms with van der Waals surface area (Å²) >= 11 is 1.29. The maximum absolute atomic E-state index is 12.9. The van der Waals surface area contributed by atoms with Crippen LogP contribution in [0.5, 0.6) is 0 Å². The third kappa shape index (κ3) is 3.13. The molecule has 27 heavy (non-hydrogen) atoms. The van der Waals surface area contributed by atoms with E-state index in [1.807, 2.05) is 60.7 Å². The van der Waals surface area contributed by atoms with Gasteiger partial charge in [-0.25, -0.2) is 4.79 Å². The van der Waals surface area contributed by atoms with E-state index in [9.17, 15) is 14.4 Å². The number of ether oxygens (including phenoxy) is 1. The molecule has 6 nitrogen and oxygen atoms in total. The average Bonchev–Trinajstić information content (AvgIpc) is 2.72. The number of esters is 1. The van der Waals surface area contributed by atoms with Crippen molar-refractivity contribution >= 4 is 29.4 Å². The van der Waals surface area contributed by atoms with Crippen LogP contribution >= 0.6 is 11.8 Å². The van der Waals surface area contributed by atoms with Gasteiger partial charge in [0.05, 0.1) is 5.75 Å². The monoisotopic (exact) mass is 382 g/mol. The number of amides is 1. The molecular formula is C20H18N2O4S. The van der Waals surface area contributed by atoms with E-state index in [-0.39, 0.29) is 16.9 Å². The second-order valence-corrected chi connectivity index (χ2v) is 7.58. The van der Waals surface area contributed by atoms with Crippen LogP contribution in [0.25, 0.3) is 0 Å². The van der Waals surface area contributed by atoms with Gasteiger partial charge < -0.3 is 15.4 Å². The third-order valence-corrected chi connectivity index (χ3v) is 6.08. The number of fused-ring (bicyclic) bond motifs is 1. The summed E-state index contributed by atoms with van der Waals surface area (Å²) in [6, 6.07) is 16.7. The number of hydrogen-bond donors (Lipinski definition) is 1. The maximum atomic E-state index is 12.9. The Hall–Kier alpha value is -2.64. The Morgan fingerprint density at radius 2 is 1.59 bits per heavy atom. The topological polar surface area (TPSA) is 89.7 Å². The van der Waals surface area contributed by atoms with Gasteiger partial charge in [0, 0.05) is 0 Å². The highest BCUT2D eigenvalue weighted by molar-refractivity contribution is 8.00. The van der Waals surface area contributed by atoms with Crippen molar-refractivity contribution in [2.75, 3.05) is 5.75 Å². The molecule has 0 saturated carbocycles.